The van der Waals surface area contributed by atoms with Crippen LogP contribution in [-0.2, 0) is 9.53 Å². The zero-order valence-electron chi connectivity index (χ0n) is 13.3. The van der Waals surface area contributed by atoms with Crippen LogP contribution in [0.25, 0.3) is 0 Å². The molecule has 7 nitrogen and oxygen atoms in total. The quantitative estimate of drug-likeness (QED) is 0.776. The monoisotopic (exact) mass is 307 g/mol. The molecule has 1 aliphatic rings. The summed E-state index contributed by atoms with van der Waals surface area (Å²) in [6.45, 7) is 3.75. The molecule has 0 bridgehead atoms. The van der Waals surface area contributed by atoms with Crippen LogP contribution in [0.5, 0.6) is 0 Å². The second kappa shape index (κ2) is 6.29. The van der Waals surface area contributed by atoms with Gasteiger partial charge in [0.25, 0.3) is 5.56 Å². The van der Waals surface area contributed by atoms with Crippen LogP contribution < -0.4 is 5.56 Å². The predicted octanol–water partition coefficient (Wildman–Crippen LogP) is 0.947. The highest BCUT2D eigenvalue weighted by Gasteiger charge is 2.34. The van der Waals surface area contributed by atoms with Crippen molar-refractivity contribution in [3.8, 4) is 0 Å². The van der Waals surface area contributed by atoms with E-state index in [1.807, 2.05) is 6.92 Å². The number of ether oxygens (including phenoxy) is 1. The van der Waals surface area contributed by atoms with E-state index >= 15 is 0 Å². The van der Waals surface area contributed by atoms with Crippen LogP contribution in [0.1, 0.15) is 54.8 Å². The Hall–Kier alpha value is -2.18. The van der Waals surface area contributed by atoms with Gasteiger partial charge in [-0.15, -0.1) is 0 Å². The number of fused-ring (bicyclic) bond motifs is 1. The van der Waals surface area contributed by atoms with E-state index in [1.54, 1.807) is 21.0 Å². The summed E-state index contributed by atoms with van der Waals surface area (Å²) in [5.74, 6) is -0.786. The summed E-state index contributed by atoms with van der Waals surface area (Å²) >= 11 is 0. The SMILES string of the molecule is CCOC(=O)c1cnc2n(c1=O)[C@@H](C)CC[C@H]2C(=O)N(C)C. The molecule has 1 aromatic heterocycles. The maximum absolute atomic E-state index is 12.6. The van der Waals surface area contributed by atoms with Gasteiger partial charge in [0, 0.05) is 26.3 Å². The number of carbonyl (C=O) groups is 2. The topological polar surface area (TPSA) is 81.5 Å². The van der Waals surface area contributed by atoms with Crippen molar-refractivity contribution in [2.24, 2.45) is 0 Å². The Morgan fingerprint density at radius 3 is 2.68 bits per heavy atom. The van der Waals surface area contributed by atoms with Crippen LogP contribution in [0.2, 0.25) is 0 Å². The van der Waals surface area contributed by atoms with E-state index in [0.29, 0.717) is 18.7 Å². The summed E-state index contributed by atoms with van der Waals surface area (Å²) in [4.78, 5) is 42.4. The van der Waals surface area contributed by atoms with E-state index in [0.717, 1.165) is 0 Å². The molecule has 22 heavy (non-hydrogen) atoms. The summed E-state index contributed by atoms with van der Waals surface area (Å²) < 4.78 is 6.34. The summed E-state index contributed by atoms with van der Waals surface area (Å²) in [7, 11) is 3.35. The number of nitrogens with zero attached hydrogens (tertiary/aromatic N) is 3. The Morgan fingerprint density at radius 1 is 1.41 bits per heavy atom. The maximum atomic E-state index is 12.6. The molecule has 0 radical (unpaired) electrons. The fourth-order valence-corrected chi connectivity index (χ4v) is 2.73. The fraction of sp³-hybridized carbons (Fsp3) is 0.600. The Balaban J connectivity index is 2.53. The van der Waals surface area contributed by atoms with Gasteiger partial charge in [0.1, 0.15) is 11.4 Å². The van der Waals surface area contributed by atoms with Gasteiger partial charge in [-0.25, -0.2) is 9.78 Å². The third kappa shape index (κ3) is 2.75. The highest BCUT2D eigenvalue weighted by atomic mass is 16.5. The van der Waals surface area contributed by atoms with Gasteiger partial charge in [0.2, 0.25) is 5.91 Å². The van der Waals surface area contributed by atoms with Crippen LogP contribution in [0, 0.1) is 0 Å². The van der Waals surface area contributed by atoms with Gasteiger partial charge in [-0.2, -0.15) is 0 Å². The zero-order valence-corrected chi connectivity index (χ0v) is 13.3. The number of hydrogen-bond acceptors (Lipinski definition) is 5. The van der Waals surface area contributed by atoms with Crippen molar-refractivity contribution in [2.45, 2.75) is 38.6 Å². The van der Waals surface area contributed by atoms with Crippen molar-refractivity contribution in [1.82, 2.24) is 14.5 Å². The highest BCUT2D eigenvalue weighted by molar-refractivity contribution is 5.89. The number of aromatic nitrogens is 2. The van der Waals surface area contributed by atoms with Crippen LogP contribution in [0.3, 0.4) is 0 Å². The van der Waals surface area contributed by atoms with E-state index in [4.69, 9.17) is 4.74 Å². The van der Waals surface area contributed by atoms with Gasteiger partial charge in [0.15, 0.2) is 0 Å². The number of amides is 1. The first-order valence-electron chi connectivity index (χ1n) is 7.38. The molecule has 0 saturated heterocycles. The standard InChI is InChI=1S/C15H21N3O4/c1-5-22-15(21)11-8-16-12-10(13(19)17(3)4)7-6-9(2)18(12)14(11)20/h8-10H,5-7H2,1-4H3/t9-,10+/m0/s1. The van der Waals surface area contributed by atoms with Crippen molar-refractivity contribution in [3.63, 3.8) is 0 Å². The molecule has 0 spiro atoms. The molecule has 7 heteroatoms. The van der Waals surface area contributed by atoms with Gasteiger partial charge >= 0.3 is 5.97 Å². The minimum absolute atomic E-state index is 0.0866. The molecule has 0 aromatic carbocycles. The first-order chi connectivity index (χ1) is 10.4. The second-order valence-corrected chi connectivity index (χ2v) is 5.64. The lowest BCUT2D eigenvalue weighted by atomic mass is 9.93. The molecular formula is C15H21N3O4. The van der Waals surface area contributed by atoms with Gasteiger partial charge < -0.3 is 9.64 Å². The lowest BCUT2D eigenvalue weighted by molar-refractivity contribution is -0.131. The molecule has 1 aliphatic heterocycles. The number of hydrogen-bond donors (Lipinski definition) is 0. The first-order valence-corrected chi connectivity index (χ1v) is 7.38. The smallest absolute Gasteiger partial charge is 0.345 e. The number of esters is 1. The zero-order chi connectivity index (χ0) is 16.4. The van der Waals surface area contributed by atoms with Crippen molar-refractivity contribution in [1.29, 1.82) is 0 Å². The summed E-state index contributed by atoms with van der Waals surface area (Å²) in [5.41, 5.74) is -0.525. The molecule has 0 N–H and O–H groups in total. The Bertz CT molecular complexity index is 651. The number of rotatable bonds is 3. The third-order valence-corrected chi connectivity index (χ3v) is 3.88. The summed E-state index contributed by atoms with van der Waals surface area (Å²) in [6.07, 6.45) is 2.55. The van der Waals surface area contributed by atoms with Crippen LogP contribution in [-0.4, -0.2) is 47.0 Å². The molecular weight excluding hydrogens is 286 g/mol. The lowest BCUT2D eigenvalue weighted by Gasteiger charge is -2.31. The van der Waals surface area contributed by atoms with Gasteiger partial charge in [-0.3, -0.25) is 14.2 Å². The molecule has 2 heterocycles. The molecule has 2 rings (SSSR count). The van der Waals surface area contributed by atoms with E-state index in [-0.39, 0.29) is 24.1 Å². The van der Waals surface area contributed by atoms with Crippen molar-refractivity contribution < 1.29 is 14.3 Å². The number of likely N-dealkylation sites (N-methyl/N-ethyl adjacent to an activating group) is 1. The van der Waals surface area contributed by atoms with Crippen molar-refractivity contribution in [3.05, 3.63) is 27.9 Å². The maximum Gasteiger partial charge on any atom is 0.345 e. The average molecular weight is 307 g/mol. The highest BCUT2D eigenvalue weighted by Crippen LogP contribution is 2.31. The minimum Gasteiger partial charge on any atom is -0.462 e. The van der Waals surface area contributed by atoms with Crippen molar-refractivity contribution in [2.75, 3.05) is 20.7 Å². The molecule has 0 aliphatic carbocycles. The molecule has 1 amide bonds. The molecule has 2 atom stereocenters. The minimum atomic E-state index is -0.677. The predicted molar refractivity (Wildman–Crippen MR) is 79.8 cm³/mol. The van der Waals surface area contributed by atoms with Gasteiger partial charge in [-0.05, 0) is 26.7 Å². The average Bonchev–Trinajstić information content (AvgIpc) is 2.47. The molecule has 120 valence electrons. The third-order valence-electron chi connectivity index (χ3n) is 3.88. The second-order valence-electron chi connectivity index (χ2n) is 5.64. The largest absolute Gasteiger partial charge is 0.462 e. The molecule has 0 unspecified atom stereocenters. The first kappa shape index (κ1) is 16.2. The van der Waals surface area contributed by atoms with Crippen LogP contribution in [0.15, 0.2) is 11.0 Å². The lowest BCUT2D eigenvalue weighted by Crippen LogP contribution is -2.40. The van der Waals surface area contributed by atoms with E-state index in [2.05, 4.69) is 4.98 Å². The Morgan fingerprint density at radius 2 is 2.09 bits per heavy atom. The van der Waals surface area contributed by atoms with Gasteiger partial charge in [0.05, 0.1) is 12.5 Å². The Kier molecular flexibility index (Phi) is 4.63. The molecule has 0 fully saturated rings. The fourth-order valence-electron chi connectivity index (χ4n) is 2.73. The summed E-state index contributed by atoms with van der Waals surface area (Å²) in [6, 6.07) is -0.101. The van der Waals surface area contributed by atoms with Crippen LogP contribution >= 0.6 is 0 Å². The molecule has 1 aromatic rings. The van der Waals surface area contributed by atoms with E-state index in [1.165, 1.54) is 15.7 Å². The summed E-state index contributed by atoms with van der Waals surface area (Å²) in [5, 5.41) is 0. The van der Waals surface area contributed by atoms with Crippen LogP contribution in [0.4, 0.5) is 0 Å². The Labute approximate surface area is 128 Å². The van der Waals surface area contributed by atoms with Crippen molar-refractivity contribution >= 4 is 11.9 Å². The van der Waals surface area contributed by atoms with E-state index < -0.39 is 17.4 Å². The van der Waals surface area contributed by atoms with E-state index in [9.17, 15) is 14.4 Å². The van der Waals surface area contributed by atoms with Gasteiger partial charge in [-0.1, -0.05) is 0 Å². The molecule has 0 saturated carbocycles. The normalized spacial score (nSPS) is 20.2. The number of carbonyl (C=O) groups excluding carboxylic acids is 2.